The fraction of sp³-hybridized carbons (Fsp3) is 0.0909. The van der Waals surface area contributed by atoms with Crippen molar-refractivity contribution >= 4 is 41.3 Å². The molecule has 4 rings (SSSR count). The minimum absolute atomic E-state index is 0.0604. The fourth-order valence-electron chi connectivity index (χ4n) is 3.39. The summed E-state index contributed by atoms with van der Waals surface area (Å²) in [5.74, 6) is -0.238. The minimum atomic E-state index is -0.277. The van der Waals surface area contributed by atoms with Crippen LogP contribution in [-0.2, 0) is 0 Å². The van der Waals surface area contributed by atoms with Gasteiger partial charge in [0.2, 0.25) is 5.95 Å². The van der Waals surface area contributed by atoms with Gasteiger partial charge in [0.1, 0.15) is 5.82 Å². The second-order valence-electron chi connectivity index (χ2n) is 6.73. The molecule has 0 unspecified atom stereocenters. The maximum Gasteiger partial charge on any atom is 0.261 e. The highest BCUT2D eigenvalue weighted by molar-refractivity contribution is 6.30. The standard InChI is InChI=1S/C22H18ClN5O2/c23-14-10-8-13(9-11-14)18-17(26-22(25)27-19(18)24)7-3-4-12-28-20(29)15-5-1-2-6-16(15)21(28)30/h1-3,5-11H,4,12H2,(H4,24,25,26,27). The van der Waals surface area contributed by atoms with E-state index in [1.165, 1.54) is 4.90 Å². The molecule has 8 heteroatoms. The van der Waals surface area contributed by atoms with Crippen LogP contribution in [0.1, 0.15) is 32.8 Å². The summed E-state index contributed by atoms with van der Waals surface area (Å²) in [7, 11) is 0. The molecule has 0 saturated carbocycles. The molecule has 2 heterocycles. The summed E-state index contributed by atoms with van der Waals surface area (Å²) >= 11 is 5.97. The van der Waals surface area contributed by atoms with Crippen LogP contribution in [-0.4, -0.2) is 33.2 Å². The highest BCUT2D eigenvalue weighted by Gasteiger charge is 2.34. The molecule has 0 atom stereocenters. The van der Waals surface area contributed by atoms with E-state index < -0.39 is 0 Å². The summed E-state index contributed by atoms with van der Waals surface area (Å²) < 4.78 is 0. The zero-order chi connectivity index (χ0) is 21.3. The lowest BCUT2D eigenvalue weighted by Crippen LogP contribution is -2.30. The molecule has 2 amide bonds. The summed E-state index contributed by atoms with van der Waals surface area (Å²) in [4.78, 5) is 34.5. The number of nitrogens with two attached hydrogens (primary N) is 2. The number of hydrogen-bond donors (Lipinski definition) is 2. The molecule has 0 radical (unpaired) electrons. The Kier molecular flexibility index (Phi) is 5.20. The highest BCUT2D eigenvalue weighted by Crippen LogP contribution is 2.30. The molecule has 1 aliphatic heterocycles. The Morgan fingerprint density at radius 2 is 1.57 bits per heavy atom. The van der Waals surface area contributed by atoms with Crippen LogP contribution in [0.25, 0.3) is 17.2 Å². The third-order valence-corrected chi connectivity index (χ3v) is 5.04. The third kappa shape index (κ3) is 3.62. The van der Waals surface area contributed by atoms with Crippen LogP contribution in [0.4, 0.5) is 11.8 Å². The van der Waals surface area contributed by atoms with Crippen LogP contribution < -0.4 is 11.5 Å². The average molecular weight is 420 g/mol. The number of halogens is 1. The van der Waals surface area contributed by atoms with Gasteiger partial charge in [-0.15, -0.1) is 0 Å². The van der Waals surface area contributed by atoms with E-state index >= 15 is 0 Å². The Hall–Kier alpha value is -3.71. The molecule has 0 spiro atoms. The third-order valence-electron chi connectivity index (χ3n) is 4.79. The molecule has 30 heavy (non-hydrogen) atoms. The van der Waals surface area contributed by atoms with Gasteiger partial charge in [-0.2, -0.15) is 4.98 Å². The summed E-state index contributed by atoms with van der Waals surface area (Å²) in [6, 6.07) is 14.0. The van der Waals surface area contributed by atoms with Crippen LogP contribution in [0.5, 0.6) is 0 Å². The van der Waals surface area contributed by atoms with Crippen molar-refractivity contribution in [3.05, 3.63) is 76.5 Å². The van der Waals surface area contributed by atoms with Gasteiger partial charge < -0.3 is 11.5 Å². The number of carbonyl (C=O) groups excluding carboxylic acids is 2. The van der Waals surface area contributed by atoms with Gasteiger partial charge in [-0.05, 0) is 42.3 Å². The first kappa shape index (κ1) is 19.6. The lowest BCUT2D eigenvalue weighted by Gasteiger charge is -2.12. The van der Waals surface area contributed by atoms with Gasteiger partial charge in [0.25, 0.3) is 11.8 Å². The molecular formula is C22H18ClN5O2. The summed E-state index contributed by atoms with van der Waals surface area (Å²) in [6.07, 6.45) is 4.04. The van der Waals surface area contributed by atoms with Gasteiger partial charge in [-0.1, -0.05) is 41.9 Å². The lowest BCUT2D eigenvalue weighted by molar-refractivity contribution is 0.0657. The van der Waals surface area contributed by atoms with E-state index in [4.69, 9.17) is 23.1 Å². The van der Waals surface area contributed by atoms with Crippen molar-refractivity contribution in [3.8, 4) is 11.1 Å². The summed E-state index contributed by atoms with van der Waals surface area (Å²) in [5.41, 5.74) is 14.7. The van der Waals surface area contributed by atoms with Gasteiger partial charge in [0.15, 0.2) is 0 Å². The number of imide groups is 1. The smallest absolute Gasteiger partial charge is 0.261 e. The largest absolute Gasteiger partial charge is 0.383 e. The molecule has 7 nitrogen and oxygen atoms in total. The highest BCUT2D eigenvalue weighted by atomic mass is 35.5. The van der Waals surface area contributed by atoms with E-state index in [2.05, 4.69) is 9.97 Å². The molecule has 0 saturated heterocycles. The monoisotopic (exact) mass is 419 g/mol. The number of anilines is 2. The molecule has 150 valence electrons. The topological polar surface area (TPSA) is 115 Å². The maximum absolute atomic E-state index is 12.4. The number of amides is 2. The second kappa shape index (κ2) is 7.96. The first-order valence-electron chi connectivity index (χ1n) is 9.26. The van der Waals surface area contributed by atoms with Crippen LogP contribution in [0.15, 0.2) is 54.6 Å². The van der Waals surface area contributed by atoms with Crippen molar-refractivity contribution in [2.45, 2.75) is 6.42 Å². The van der Waals surface area contributed by atoms with Crippen molar-refractivity contribution in [1.29, 1.82) is 0 Å². The molecular weight excluding hydrogens is 402 g/mol. The molecule has 3 aromatic rings. The Morgan fingerprint density at radius 3 is 2.20 bits per heavy atom. The quantitative estimate of drug-likeness (QED) is 0.610. The molecule has 1 aromatic heterocycles. The van der Waals surface area contributed by atoms with E-state index in [1.807, 2.05) is 18.2 Å². The average Bonchev–Trinajstić information content (AvgIpc) is 2.97. The first-order chi connectivity index (χ1) is 14.5. The summed E-state index contributed by atoms with van der Waals surface area (Å²) in [5, 5.41) is 0.603. The van der Waals surface area contributed by atoms with Gasteiger partial charge in [-0.25, -0.2) is 4.98 Å². The van der Waals surface area contributed by atoms with E-state index in [0.717, 1.165) is 5.56 Å². The SMILES string of the molecule is Nc1nc(N)c(-c2ccc(Cl)cc2)c(C=CCCN2C(=O)c3ccccc3C2=O)n1. The fourth-order valence-corrected chi connectivity index (χ4v) is 3.51. The zero-order valence-corrected chi connectivity index (χ0v) is 16.6. The predicted octanol–water partition coefficient (Wildman–Crippen LogP) is 3.66. The minimum Gasteiger partial charge on any atom is -0.383 e. The number of hydrogen-bond acceptors (Lipinski definition) is 6. The molecule has 2 aromatic carbocycles. The number of carbonyl (C=O) groups is 2. The van der Waals surface area contributed by atoms with E-state index in [9.17, 15) is 9.59 Å². The van der Waals surface area contributed by atoms with Gasteiger partial charge >= 0.3 is 0 Å². The van der Waals surface area contributed by atoms with E-state index in [0.29, 0.717) is 33.8 Å². The number of nitrogen functional groups attached to an aromatic ring is 2. The van der Waals surface area contributed by atoms with Crippen molar-refractivity contribution in [1.82, 2.24) is 14.9 Å². The number of benzene rings is 2. The van der Waals surface area contributed by atoms with Gasteiger partial charge in [-0.3, -0.25) is 14.5 Å². The number of fused-ring (bicyclic) bond motifs is 1. The van der Waals surface area contributed by atoms with Gasteiger partial charge in [0.05, 0.1) is 16.8 Å². The zero-order valence-electron chi connectivity index (χ0n) is 15.9. The van der Waals surface area contributed by atoms with Gasteiger partial charge in [0, 0.05) is 17.1 Å². The molecule has 4 N–H and O–H groups in total. The summed E-state index contributed by atoms with van der Waals surface area (Å²) in [6.45, 7) is 0.259. The molecule has 0 bridgehead atoms. The van der Waals surface area contributed by atoms with Crippen molar-refractivity contribution in [2.75, 3.05) is 18.0 Å². The Bertz CT molecular complexity index is 1140. The van der Waals surface area contributed by atoms with Crippen LogP contribution in [0, 0.1) is 0 Å². The van der Waals surface area contributed by atoms with Crippen LogP contribution >= 0.6 is 11.6 Å². The van der Waals surface area contributed by atoms with Crippen LogP contribution in [0.3, 0.4) is 0 Å². The van der Waals surface area contributed by atoms with Crippen molar-refractivity contribution in [3.63, 3.8) is 0 Å². The number of rotatable bonds is 5. The molecule has 0 aliphatic carbocycles. The predicted molar refractivity (Wildman–Crippen MR) is 117 cm³/mol. The van der Waals surface area contributed by atoms with Crippen LogP contribution in [0.2, 0.25) is 5.02 Å². The normalized spacial score (nSPS) is 13.3. The maximum atomic E-state index is 12.4. The molecule has 1 aliphatic rings. The van der Waals surface area contributed by atoms with Crippen molar-refractivity contribution in [2.24, 2.45) is 0 Å². The Morgan fingerprint density at radius 1 is 0.933 bits per heavy atom. The Balaban J connectivity index is 1.53. The number of nitrogens with zero attached hydrogens (tertiary/aromatic N) is 3. The van der Waals surface area contributed by atoms with Crippen molar-refractivity contribution < 1.29 is 9.59 Å². The first-order valence-corrected chi connectivity index (χ1v) is 9.64. The van der Waals surface area contributed by atoms with E-state index in [1.54, 1.807) is 42.5 Å². The van der Waals surface area contributed by atoms with E-state index in [-0.39, 0.29) is 30.1 Å². The molecule has 0 fully saturated rings. The number of aromatic nitrogens is 2. The second-order valence-corrected chi connectivity index (χ2v) is 7.17. The Labute approximate surface area is 178 Å². The lowest BCUT2D eigenvalue weighted by atomic mass is 10.0.